The second-order valence-corrected chi connectivity index (χ2v) is 7.54. The Kier molecular flexibility index (Phi) is 3.68. The quantitative estimate of drug-likeness (QED) is 0.775. The van der Waals surface area contributed by atoms with Crippen LogP contribution in [0.2, 0.25) is 0 Å². The molecule has 0 bridgehead atoms. The Morgan fingerprint density at radius 2 is 1.67 bits per heavy atom. The van der Waals surface area contributed by atoms with Crippen molar-refractivity contribution in [3.63, 3.8) is 0 Å². The molecule has 1 heterocycles. The van der Waals surface area contributed by atoms with E-state index in [-0.39, 0.29) is 0 Å². The van der Waals surface area contributed by atoms with Crippen LogP contribution < -0.4 is 5.73 Å². The molecule has 2 saturated carbocycles. The molecule has 18 heavy (non-hydrogen) atoms. The first-order valence-electron chi connectivity index (χ1n) is 8.13. The van der Waals surface area contributed by atoms with Crippen molar-refractivity contribution in [1.29, 1.82) is 0 Å². The van der Waals surface area contributed by atoms with Gasteiger partial charge in [0.25, 0.3) is 0 Å². The summed E-state index contributed by atoms with van der Waals surface area (Å²) in [5.41, 5.74) is 6.34. The third-order valence-corrected chi connectivity index (χ3v) is 5.85. The fraction of sp³-hybridized carbons (Fsp3) is 1.00. The molecule has 2 N–H and O–H groups in total. The fourth-order valence-corrected chi connectivity index (χ4v) is 5.05. The van der Waals surface area contributed by atoms with E-state index >= 15 is 0 Å². The topological polar surface area (TPSA) is 29.3 Å². The Labute approximate surface area is 112 Å². The molecule has 3 aliphatic rings. The molecule has 0 amide bonds. The Balaban J connectivity index is 1.64. The Bertz CT molecular complexity index is 281. The summed E-state index contributed by atoms with van der Waals surface area (Å²) in [4.78, 5) is 2.81. The molecule has 2 aliphatic carbocycles. The monoisotopic (exact) mass is 250 g/mol. The van der Waals surface area contributed by atoms with E-state index in [2.05, 4.69) is 18.7 Å². The van der Waals surface area contributed by atoms with Crippen molar-refractivity contribution >= 4 is 0 Å². The third kappa shape index (κ3) is 2.46. The normalized spacial score (nSPS) is 50.2. The highest BCUT2D eigenvalue weighted by Crippen LogP contribution is 2.40. The van der Waals surface area contributed by atoms with Gasteiger partial charge in [0.2, 0.25) is 0 Å². The Morgan fingerprint density at radius 3 is 2.33 bits per heavy atom. The molecule has 0 aromatic heterocycles. The summed E-state index contributed by atoms with van der Waals surface area (Å²) < 4.78 is 0. The van der Waals surface area contributed by atoms with Gasteiger partial charge in [0.05, 0.1) is 0 Å². The lowest BCUT2D eigenvalue weighted by Gasteiger charge is -2.37. The molecule has 5 atom stereocenters. The van der Waals surface area contributed by atoms with Crippen molar-refractivity contribution in [3.05, 3.63) is 0 Å². The summed E-state index contributed by atoms with van der Waals surface area (Å²) in [5.74, 6) is 3.58. The van der Waals surface area contributed by atoms with Gasteiger partial charge >= 0.3 is 0 Å². The van der Waals surface area contributed by atoms with Crippen LogP contribution in [-0.4, -0.2) is 30.1 Å². The largest absolute Gasteiger partial charge is 0.327 e. The summed E-state index contributed by atoms with van der Waals surface area (Å²) in [6.07, 6.45) is 8.38. The van der Waals surface area contributed by atoms with E-state index in [0.717, 1.165) is 29.7 Å². The van der Waals surface area contributed by atoms with E-state index in [4.69, 9.17) is 5.73 Å². The lowest BCUT2D eigenvalue weighted by molar-refractivity contribution is 0.126. The Morgan fingerprint density at radius 1 is 0.944 bits per heavy atom. The fourth-order valence-electron chi connectivity index (χ4n) is 5.05. The molecule has 1 saturated heterocycles. The molecule has 0 aromatic carbocycles. The first-order chi connectivity index (χ1) is 8.63. The molecule has 2 heteroatoms. The van der Waals surface area contributed by atoms with Crippen molar-refractivity contribution in [2.75, 3.05) is 13.1 Å². The van der Waals surface area contributed by atoms with Crippen molar-refractivity contribution in [3.8, 4) is 0 Å². The summed E-state index contributed by atoms with van der Waals surface area (Å²) in [5, 5.41) is 0. The number of nitrogens with zero attached hydrogens (tertiary/aromatic N) is 1. The number of hydrogen-bond donors (Lipinski definition) is 1. The summed E-state index contributed by atoms with van der Waals surface area (Å²) in [6.45, 7) is 7.54. The molecule has 0 radical (unpaired) electrons. The number of fused-ring (bicyclic) bond motifs is 1. The maximum absolute atomic E-state index is 6.34. The van der Waals surface area contributed by atoms with E-state index < -0.39 is 0 Å². The molecule has 1 aliphatic heterocycles. The minimum atomic E-state index is 0.493. The van der Waals surface area contributed by atoms with Gasteiger partial charge in [-0.05, 0) is 55.8 Å². The van der Waals surface area contributed by atoms with Gasteiger partial charge in [-0.1, -0.05) is 20.3 Å². The van der Waals surface area contributed by atoms with Crippen LogP contribution in [0.5, 0.6) is 0 Å². The first kappa shape index (κ1) is 12.9. The van der Waals surface area contributed by atoms with Crippen molar-refractivity contribution in [2.24, 2.45) is 29.4 Å². The highest BCUT2D eigenvalue weighted by Gasteiger charge is 2.41. The number of rotatable bonds is 1. The summed E-state index contributed by atoms with van der Waals surface area (Å²) >= 11 is 0. The molecule has 0 aromatic rings. The Hall–Kier alpha value is -0.0800. The van der Waals surface area contributed by atoms with E-state index in [9.17, 15) is 0 Å². The number of likely N-dealkylation sites (tertiary alicyclic amines) is 1. The lowest BCUT2D eigenvalue weighted by Crippen LogP contribution is -2.41. The summed E-state index contributed by atoms with van der Waals surface area (Å²) in [7, 11) is 0. The average Bonchev–Trinajstić information content (AvgIpc) is 2.73. The number of hydrogen-bond acceptors (Lipinski definition) is 2. The molecule has 3 fully saturated rings. The zero-order valence-corrected chi connectivity index (χ0v) is 12.1. The van der Waals surface area contributed by atoms with Crippen LogP contribution >= 0.6 is 0 Å². The van der Waals surface area contributed by atoms with Crippen LogP contribution in [0.4, 0.5) is 0 Å². The van der Waals surface area contributed by atoms with Crippen molar-refractivity contribution in [2.45, 2.75) is 64.5 Å². The van der Waals surface area contributed by atoms with Gasteiger partial charge in [0.1, 0.15) is 0 Å². The standard InChI is InChI=1S/C16H30N2/c1-11-6-12(2)8-14(7-11)18-9-13-4-3-5-16(17)15(13)10-18/h11-16H,3-10,17H2,1-2H3. The molecule has 104 valence electrons. The van der Waals surface area contributed by atoms with Crippen molar-refractivity contribution in [1.82, 2.24) is 4.90 Å². The van der Waals surface area contributed by atoms with Crippen LogP contribution in [0, 0.1) is 23.7 Å². The van der Waals surface area contributed by atoms with Gasteiger partial charge in [-0.2, -0.15) is 0 Å². The molecule has 5 unspecified atom stereocenters. The second-order valence-electron chi connectivity index (χ2n) is 7.54. The smallest absolute Gasteiger partial charge is 0.0101 e. The van der Waals surface area contributed by atoms with Crippen LogP contribution in [0.1, 0.15) is 52.4 Å². The highest BCUT2D eigenvalue weighted by atomic mass is 15.2. The van der Waals surface area contributed by atoms with E-state index in [1.165, 1.54) is 51.6 Å². The van der Waals surface area contributed by atoms with Crippen LogP contribution in [0.3, 0.4) is 0 Å². The molecule has 3 rings (SSSR count). The average molecular weight is 250 g/mol. The number of nitrogens with two attached hydrogens (primary N) is 1. The lowest BCUT2D eigenvalue weighted by atomic mass is 9.78. The van der Waals surface area contributed by atoms with Crippen molar-refractivity contribution < 1.29 is 0 Å². The predicted molar refractivity (Wildman–Crippen MR) is 76.3 cm³/mol. The molecule has 0 spiro atoms. The van der Waals surface area contributed by atoms with E-state index in [0.29, 0.717) is 6.04 Å². The maximum atomic E-state index is 6.34. The minimum absolute atomic E-state index is 0.493. The zero-order chi connectivity index (χ0) is 12.7. The van der Waals surface area contributed by atoms with E-state index in [1.54, 1.807) is 0 Å². The zero-order valence-electron chi connectivity index (χ0n) is 12.1. The van der Waals surface area contributed by atoms with Gasteiger partial charge in [-0.25, -0.2) is 0 Å². The van der Waals surface area contributed by atoms with E-state index in [1.807, 2.05) is 0 Å². The van der Waals surface area contributed by atoms with Gasteiger partial charge < -0.3 is 5.73 Å². The first-order valence-corrected chi connectivity index (χ1v) is 8.13. The molecular weight excluding hydrogens is 220 g/mol. The van der Waals surface area contributed by atoms with Gasteiger partial charge in [-0.3, -0.25) is 4.90 Å². The highest BCUT2D eigenvalue weighted by molar-refractivity contribution is 4.96. The molecular formula is C16H30N2. The third-order valence-electron chi connectivity index (χ3n) is 5.85. The van der Waals surface area contributed by atoms with Gasteiger partial charge in [0.15, 0.2) is 0 Å². The molecule has 2 nitrogen and oxygen atoms in total. The second kappa shape index (κ2) is 5.13. The van der Waals surface area contributed by atoms with Crippen LogP contribution in [-0.2, 0) is 0 Å². The predicted octanol–water partition coefficient (Wildman–Crippen LogP) is 2.87. The van der Waals surface area contributed by atoms with Crippen LogP contribution in [0.25, 0.3) is 0 Å². The van der Waals surface area contributed by atoms with Crippen LogP contribution in [0.15, 0.2) is 0 Å². The minimum Gasteiger partial charge on any atom is -0.327 e. The maximum Gasteiger partial charge on any atom is 0.0101 e. The van der Waals surface area contributed by atoms with Gasteiger partial charge in [-0.15, -0.1) is 0 Å². The summed E-state index contributed by atoms with van der Waals surface area (Å²) in [6, 6.07) is 1.36. The van der Waals surface area contributed by atoms with Gasteiger partial charge in [0, 0.05) is 25.2 Å². The SMILES string of the molecule is CC1CC(C)CC(N2CC3CCCC(N)C3C2)C1.